The molecule has 41 heavy (non-hydrogen) atoms. The van der Waals surface area contributed by atoms with Crippen LogP contribution in [0.2, 0.25) is 0 Å². The Kier molecular flexibility index (Phi) is 10.3. The minimum Gasteiger partial charge on any atom is -0.444 e. The van der Waals surface area contributed by atoms with Gasteiger partial charge in [-0.2, -0.15) is 0 Å². The van der Waals surface area contributed by atoms with Crippen molar-refractivity contribution < 1.29 is 19.1 Å². The van der Waals surface area contributed by atoms with E-state index in [4.69, 9.17) is 4.74 Å². The second kappa shape index (κ2) is 13.5. The van der Waals surface area contributed by atoms with Crippen molar-refractivity contribution in [1.82, 2.24) is 10.2 Å². The zero-order valence-corrected chi connectivity index (χ0v) is 25.2. The molecule has 0 aromatic heterocycles. The van der Waals surface area contributed by atoms with Gasteiger partial charge in [-0.1, -0.05) is 75.0 Å². The molecule has 2 unspecified atom stereocenters. The Morgan fingerprint density at radius 3 is 2.22 bits per heavy atom. The Morgan fingerprint density at radius 1 is 0.927 bits per heavy atom. The molecule has 0 fully saturated rings. The zero-order chi connectivity index (χ0) is 30.3. The number of carbonyl (C=O) groups is 3. The first kappa shape index (κ1) is 31.4. The summed E-state index contributed by atoms with van der Waals surface area (Å²) >= 11 is 0. The van der Waals surface area contributed by atoms with Crippen LogP contribution in [0, 0.1) is 5.92 Å². The van der Waals surface area contributed by atoms with Gasteiger partial charge in [0.2, 0.25) is 5.91 Å². The summed E-state index contributed by atoms with van der Waals surface area (Å²) in [6, 6.07) is 18.8. The normalized spacial score (nSPS) is 13.0. The molecule has 0 aliphatic heterocycles. The minimum absolute atomic E-state index is 0.0990. The number of nitrogens with zero attached hydrogens (tertiary/aromatic N) is 1. The third-order valence-electron chi connectivity index (χ3n) is 6.51. The summed E-state index contributed by atoms with van der Waals surface area (Å²) in [7, 11) is 0. The average Bonchev–Trinajstić information content (AvgIpc) is 2.89. The van der Waals surface area contributed by atoms with Crippen molar-refractivity contribution in [3.63, 3.8) is 0 Å². The highest BCUT2D eigenvalue weighted by molar-refractivity contribution is 6.00. The quantitative estimate of drug-likeness (QED) is 0.273. The van der Waals surface area contributed by atoms with E-state index >= 15 is 0 Å². The van der Waals surface area contributed by atoms with Gasteiger partial charge in [0.05, 0.1) is 0 Å². The fraction of sp³-hybridized carbons (Fsp3) is 0.382. The van der Waals surface area contributed by atoms with Gasteiger partial charge in [0.15, 0.2) is 0 Å². The Morgan fingerprint density at radius 2 is 1.61 bits per heavy atom. The Bertz CT molecular complexity index is 1390. The molecule has 2 N–H and O–H groups in total. The molecule has 0 spiro atoms. The number of rotatable bonds is 10. The maximum Gasteiger partial charge on any atom is 0.408 e. The summed E-state index contributed by atoms with van der Waals surface area (Å²) in [6.45, 7) is 16.9. The van der Waals surface area contributed by atoms with Crippen LogP contribution in [-0.4, -0.2) is 40.5 Å². The van der Waals surface area contributed by atoms with Crippen LogP contribution in [0.4, 0.5) is 10.5 Å². The number of fused-ring (bicyclic) bond motifs is 1. The molecule has 3 aromatic rings. The van der Waals surface area contributed by atoms with E-state index in [1.807, 2.05) is 94.4 Å². The number of nitrogens with one attached hydrogen (secondary N) is 2. The SMILES string of the molecule is C=Cc1cccc(C(C(=O)Nc2ccc3ccccc3c2)N(C(=O)C(CC(C)C)NC(=O)OC(C)(C)C)C(C)C)c1. The third kappa shape index (κ3) is 8.68. The van der Waals surface area contributed by atoms with Gasteiger partial charge in [0.25, 0.3) is 5.91 Å². The van der Waals surface area contributed by atoms with Gasteiger partial charge < -0.3 is 20.3 Å². The first-order valence-corrected chi connectivity index (χ1v) is 14.1. The largest absolute Gasteiger partial charge is 0.444 e. The Hall–Kier alpha value is -4.13. The highest BCUT2D eigenvalue weighted by Crippen LogP contribution is 2.29. The molecular weight excluding hydrogens is 514 g/mol. The van der Waals surface area contributed by atoms with Gasteiger partial charge in [0.1, 0.15) is 17.7 Å². The molecule has 3 amide bonds. The van der Waals surface area contributed by atoms with Gasteiger partial charge in [-0.05, 0) is 87.1 Å². The maximum absolute atomic E-state index is 14.3. The number of hydrogen-bond donors (Lipinski definition) is 2. The van der Waals surface area contributed by atoms with Crippen molar-refractivity contribution >= 4 is 40.4 Å². The van der Waals surface area contributed by atoms with E-state index in [1.54, 1.807) is 31.7 Å². The predicted octanol–water partition coefficient (Wildman–Crippen LogP) is 7.34. The number of benzene rings is 3. The fourth-order valence-corrected chi connectivity index (χ4v) is 4.77. The van der Waals surface area contributed by atoms with Crippen LogP contribution >= 0.6 is 0 Å². The van der Waals surface area contributed by atoms with Crippen molar-refractivity contribution in [2.45, 2.75) is 78.6 Å². The van der Waals surface area contributed by atoms with E-state index in [2.05, 4.69) is 17.2 Å². The van der Waals surface area contributed by atoms with Crippen LogP contribution < -0.4 is 10.6 Å². The number of hydrogen-bond acceptors (Lipinski definition) is 4. The Balaban J connectivity index is 2.04. The van der Waals surface area contributed by atoms with Crippen molar-refractivity contribution in [1.29, 1.82) is 0 Å². The number of carbonyl (C=O) groups excluding carboxylic acids is 3. The van der Waals surface area contributed by atoms with E-state index < -0.39 is 23.8 Å². The van der Waals surface area contributed by atoms with Crippen molar-refractivity contribution in [3.8, 4) is 0 Å². The Labute approximate surface area is 244 Å². The molecule has 0 heterocycles. The first-order chi connectivity index (χ1) is 19.3. The summed E-state index contributed by atoms with van der Waals surface area (Å²) in [4.78, 5) is 42.7. The number of ether oxygens (including phenoxy) is 1. The van der Waals surface area contributed by atoms with Gasteiger partial charge in [-0.25, -0.2) is 4.79 Å². The van der Waals surface area contributed by atoms with Crippen LogP contribution in [0.3, 0.4) is 0 Å². The van der Waals surface area contributed by atoms with Crippen LogP contribution in [0.5, 0.6) is 0 Å². The second-order valence-corrected chi connectivity index (χ2v) is 12.0. The van der Waals surface area contributed by atoms with Gasteiger partial charge in [-0.3, -0.25) is 9.59 Å². The minimum atomic E-state index is -0.969. The van der Waals surface area contributed by atoms with E-state index in [0.717, 1.165) is 16.3 Å². The molecule has 0 aliphatic carbocycles. The summed E-state index contributed by atoms with van der Waals surface area (Å²) in [6.07, 6.45) is 1.41. The topological polar surface area (TPSA) is 87.7 Å². The van der Waals surface area contributed by atoms with E-state index in [0.29, 0.717) is 17.7 Å². The fourth-order valence-electron chi connectivity index (χ4n) is 4.77. The van der Waals surface area contributed by atoms with E-state index in [1.165, 1.54) is 0 Å². The van der Waals surface area contributed by atoms with E-state index in [9.17, 15) is 14.4 Å². The van der Waals surface area contributed by atoms with Crippen LogP contribution in [0.15, 0.2) is 73.3 Å². The van der Waals surface area contributed by atoms with Crippen LogP contribution in [0.1, 0.15) is 72.1 Å². The van der Waals surface area contributed by atoms with Crippen molar-refractivity contribution in [2.24, 2.45) is 5.92 Å². The summed E-state index contributed by atoms with van der Waals surface area (Å²) < 4.78 is 5.47. The lowest BCUT2D eigenvalue weighted by Gasteiger charge is -2.37. The molecule has 0 saturated heterocycles. The molecule has 7 heteroatoms. The van der Waals surface area contributed by atoms with Crippen LogP contribution in [0.25, 0.3) is 16.8 Å². The molecule has 3 aromatic carbocycles. The van der Waals surface area contributed by atoms with Gasteiger partial charge in [0, 0.05) is 11.7 Å². The number of alkyl carbamates (subject to hydrolysis) is 1. The zero-order valence-electron chi connectivity index (χ0n) is 25.2. The summed E-state index contributed by atoms with van der Waals surface area (Å²) in [5.74, 6) is -0.617. The number of anilines is 1. The summed E-state index contributed by atoms with van der Waals surface area (Å²) in [5.41, 5.74) is 1.37. The molecule has 2 atom stereocenters. The van der Waals surface area contributed by atoms with Crippen molar-refractivity contribution in [2.75, 3.05) is 5.32 Å². The van der Waals surface area contributed by atoms with Crippen LogP contribution in [-0.2, 0) is 14.3 Å². The predicted molar refractivity (Wildman–Crippen MR) is 166 cm³/mol. The molecule has 3 rings (SSSR count). The maximum atomic E-state index is 14.3. The second-order valence-electron chi connectivity index (χ2n) is 12.0. The number of amides is 3. The van der Waals surface area contributed by atoms with Crippen molar-refractivity contribution in [3.05, 3.63) is 84.4 Å². The van der Waals surface area contributed by atoms with Gasteiger partial charge in [-0.15, -0.1) is 0 Å². The lowest BCUT2D eigenvalue weighted by atomic mass is 9.97. The molecule has 0 radical (unpaired) electrons. The molecule has 218 valence electrons. The van der Waals surface area contributed by atoms with E-state index in [-0.39, 0.29) is 23.8 Å². The highest BCUT2D eigenvalue weighted by Gasteiger charge is 2.38. The molecule has 0 bridgehead atoms. The highest BCUT2D eigenvalue weighted by atomic mass is 16.6. The molecule has 7 nitrogen and oxygen atoms in total. The smallest absolute Gasteiger partial charge is 0.408 e. The molecule has 0 saturated carbocycles. The average molecular weight is 558 g/mol. The molecule has 0 aliphatic rings. The first-order valence-electron chi connectivity index (χ1n) is 14.1. The lowest BCUT2D eigenvalue weighted by molar-refractivity contribution is -0.143. The third-order valence-corrected chi connectivity index (χ3v) is 6.51. The monoisotopic (exact) mass is 557 g/mol. The lowest BCUT2D eigenvalue weighted by Crippen LogP contribution is -2.54. The molecular formula is C34H43N3O4. The van der Waals surface area contributed by atoms with Gasteiger partial charge >= 0.3 is 6.09 Å². The summed E-state index contributed by atoms with van der Waals surface area (Å²) in [5, 5.41) is 7.87. The standard InChI is InChI=1S/C34H43N3O4/c1-9-24-13-12-16-27(20-24)30(31(38)35-28-18-17-25-14-10-11-15-26(25)21-28)37(23(4)5)32(39)29(19-22(2)3)36-33(40)41-34(6,7)8/h9-18,20-23,29-30H,1,19H2,2-8H3,(H,35,38)(H,36,40).